The van der Waals surface area contributed by atoms with E-state index in [4.69, 9.17) is 4.74 Å². The summed E-state index contributed by atoms with van der Waals surface area (Å²) in [5.74, 6) is 0.120. The molecule has 184 valence electrons. The molecule has 0 aliphatic carbocycles. The molecule has 8 heteroatoms. The van der Waals surface area contributed by atoms with Gasteiger partial charge < -0.3 is 14.2 Å². The minimum atomic E-state index is -3.67. The Morgan fingerprint density at radius 2 is 1.88 bits per heavy atom. The molecule has 0 aliphatic heterocycles. The van der Waals surface area contributed by atoms with Gasteiger partial charge in [-0.05, 0) is 29.4 Å². The first kappa shape index (κ1) is 27.1. The van der Waals surface area contributed by atoms with E-state index >= 15 is 0 Å². The average Bonchev–Trinajstić information content (AvgIpc) is 3.08. The summed E-state index contributed by atoms with van der Waals surface area (Å²) in [6, 6.07) is 7.48. The smallest absolute Gasteiger partial charge is 0.228 e. The standard InChI is InChI=1S/C25H39N3O4S/c1-19(2)16-28-22(17-27(12-13-32-7)23(29)14-25(4,5)6)15-26-24(28)33(30,31)18-21-11-9-8-10-20(21)3/h8-11,15,19H,12-14,16-18H2,1-7H3. The molecule has 2 aromatic rings. The van der Waals surface area contributed by atoms with Gasteiger partial charge in [-0.2, -0.15) is 0 Å². The van der Waals surface area contributed by atoms with Gasteiger partial charge >= 0.3 is 0 Å². The van der Waals surface area contributed by atoms with Crippen LogP contribution in [0.3, 0.4) is 0 Å². The quantitative estimate of drug-likeness (QED) is 0.484. The minimum Gasteiger partial charge on any atom is -0.383 e. The number of aryl methyl sites for hydroxylation is 1. The molecule has 1 heterocycles. The molecule has 0 atom stereocenters. The Balaban J connectivity index is 2.40. The van der Waals surface area contributed by atoms with Crippen molar-refractivity contribution in [3.63, 3.8) is 0 Å². The van der Waals surface area contributed by atoms with E-state index in [0.717, 1.165) is 11.1 Å². The van der Waals surface area contributed by atoms with Crippen LogP contribution in [0.2, 0.25) is 0 Å². The number of amides is 1. The van der Waals surface area contributed by atoms with Gasteiger partial charge in [0.15, 0.2) is 0 Å². The fourth-order valence-electron chi connectivity index (χ4n) is 3.62. The molecule has 0 saturated carbocycles. The fourth-order valence-corrected chi connectivity index (χ4v) is 5.23. The third-order valence-corrected chi connectivity index (χ3v) is 6.86. The monoisotopic (exact) mass is 477 g/mol. The first-order valence-electron chi connectivity index (χ1n) is 11.4. The van der Waals surface area contributed by atoms with Crippen molar-refractivity contribution in [2.24, 2.45) is 11.3 Å². The van der Waals surface area contributed by atoms with Gasteiger partial charge in [-0.25, -0.2) is 13.4 Å². The Hall–Kier alpha value is -2.19. The Bertz CT molecular complexity index is 1040. The SMILES string of the molecule is COCCN(Cc1cnc(S(=O)(=O)Cc2ccccc2C)n1CC(C)C)C(=O)CC(C)(C)C. The van der Waals surface area contributed by atoms with Crippen molar-refractivity contribution in [2.45, 2.75) is 72.0 Å². The van der Waals surface area contributed by atoms with Gasteiger partial charge in [-0.15, -0.1) is 0 Å². The zero-order valence-corrected chi connectivity index (χ0v) is 21.9. The highest BCUT2D eigenvalue weighted by atomic mass is 32.2. The lowest BCUT2D eigenvalue weighted by molar-refractivity contribution is -0.134. The molecule has 0 spiro atoms. The highest BCUT2D eigenvalue weighted by Gasteiger charge is 2.27. The maximum Gasteiger partial charge on any atom is 0.228 e. The van der Waals surface area contributed by atoms with E-state index in [1.54, 1.807) is 22.8 Å². The summed E-state index contributed by atoms with van der Waals surface area (Å²) in [5.41, 5.74) is 2.26. The molecular weight excluding hydrogens is 438 g/mol. The fraction of sp³-hybridized carbons (Fsp3) is 0.600. The molecule has 0 saturated heterocycles. The molecule has 1 amide bonds. The second-order valence-corrected chi connectivity index (χ2v) is 12.2. The van der Waals surface area contributed by atoms with E-state index in [-0.39, 0.29) is 34.7 Å². The van der Waals surface area contributed by atoms with Crippen LogP contribution in [0.1, 0.15) is 57.9 Å². The van der Waals surface area contributed by atoms with E-state index < -0.39 is 9.84 Å². The molecule has 0 unspecified atom stereocenters. The van der Waals surface area contributed by atoms with E-state index in [1.165, 1.54) is 0 Å². The zero-order chi connectivity index (χ0) is 24.8. The Labute approximate surface area is 199 Å². The lowest BCUT2D eigenvalue weighted by atomic mass is 9.91. The molecule has 2 rings (SSSR count). The molecular formula is C25H39N3O4S. The van der Waals surface area contributed by atoms with E-state index in [9.17, 15) is 13.2 Å². The van der Waals surface area contributed by atoms with E-state index in [1.807, 2.05) is 65.8 Å². The number of carbonyl (C=O) groups excluding carboxylic acids is 1. The summed E-state index contributed by atoms with van der Waals surface area (Å²) in [6.45, 7) is 13.7. The predicted molar refractivity (Wildman–Crippen MR) is 130 cm³/mol. The van der Waals surface area contributed by atoms with Gasteiger partial charge in [0.2, 0.25) is 20.9 Å². The number of hydrogen-bond acceptors (Lipinski definition) is 5. The molecule has 1 aromatic carbocycles. The van der Waals surface area contributed by atoms with Crippen LogP contribution in [0.25, 0.3) is 0 Å². The maximum atomic E-state index is 13.4. The zero-order valence-electron chi connectivity index (χ0n) is 21.1. The lowest BCUT2D eigenvalue weighted by Crippen LogP contribution is -2.36. The molecule has 0 radical (unpaired) electrons. The normalized spacial score (nSPS) is 12.4. The van der Waals surface area contributed by atoms with Gasteiger partial charge in [0.25, 0.3) is 0 Å². The first-order chi connectivity index (χ1) is 15.3. The average molecular weight is 478 g/mol. The van der Waals surface area contributed by atoms with Crippen LogP contribution in [0.5, 0.6) is 0 Å². The number of benzene rings is 1. The van der Waals surface area contributed by atoms with Crippen LogP contribution < -0.4 is 0 Å². The van der Waals surface area contributed by atoms with Crippen molar-refractivity contribution in [1.82, 2.24) is 14.5 Å². The molecule has 7 nitrogen and oxygen atoms in total. The third kappa shape index (κ3) is 7.96. The van der Waals surface area contributed by atoms with Crippen LogP contribution in [-0.2, 0) is 38.2 Å². The molecule has 33 heavy (non-hydrogen) atoms. The molecule has 0 N–H and O–H groups in total. The summed E-state index contributed by atoms with van der Waals surface area (Å²) in [5, 5.41) is 0.0596. The molecule has 0 fully saturated rings. The van der Waals surface area contributed by atoms with Crippen molar-refractivity contribution < 1.29 is 17.9 Å². The van der Waals surface area contributed by atoms with Crippen molar-refractivity contribution in [1.29, 1.82) is 0 Å². The predicted octanol–water partition coefficient (Wildman–Crippen LogP) is 4.23. The number of hydrogen-bond donors (Lipinski definition) is 0. The Kier molecular flexibility index (Phi) is 9.26. The second-order valence-electron chi connectivity index (χ2n) is 10.3. The van der Waals surface area contributed by atoms with Crippen LogP contribution >= 0.6 is 0 Å². The molecule has 0 aliphatic rings. The lowest BCUT2D eigenvalue weighted by Gasteiger charge is -2.27. The van der Waals surface area contributed by atoms with Gasteiger partial charge in [0, 0.05) is 26.6 Å². The Morgan fingerprint density at radius 3 is 2.45 bits per heavy atom. The number of imidazole rings is 1. The van der Waals surface area contributed by atoms with Crippen molar-refractivity contribution in [3.05, 3.63) is 47.3 Å². The van der Waals surface area contributed by atoms with E-state index in [2.05, 4.69) is 4.98 Å². The number of ether oxygens (including phenoxy) is 1. The number of carbonyl (C=O) groups is 1. The van der Waals surface area contributed by atoms with Gasteiger partial charge in [0.1, 0.15) is 0 Å². The third-order valence-electron chi connectivity index (χ3n) is 5.29. The van der Waals surface area contributed by atoms with Gasteiger partial charge in [0.05, 0.1) is 30.8 Å². The highest BCUT2D eigenvalue weighted by Crippen LogP contribution is 2.24. The van der Waals surface area contributed by atoms with Crippen molar-refractivity contribution in [2.75, 3.05) is 20.3 Å². The van der Waals surface area contributed by atoms with Crippen LogP contribution in [0, 0.1) is 18.3 Å². The number of aromatic nitrogens is 2. The van der Waals surface area contributed by atoms with Gasteiger partial charge in [-0.1, -0.05) is 58.9 Å². The van der Waals surface area contributed by atoms with E-state index in [0.29, 0.717) is 31.8 Å². The van der Waals surface area contributed by atoms with Crippen LogP contribution in [0.15, 0.2) is 35.6 Å². The summed E-state index contributed by atoms with van der Waals surface area (Å²) in [6.07, 6.45) is 1.99. The first-order valence-corrected chi connectivity index (χ1v) is 13.1. The molecule has 1 aromatic heterocycles. The maximum absolute atomic E-state index is 13.4. The van der Waals surface area contributed by atoms with Crippen LogP contribution in [-0.4, -0.2) is 49.0 Å². The van der Waals surface area contributed by atoms with Gasteiger partial charge in [-0.3, -0.25) is 4.79 Å². The minimum absolute atomic E-state index is 0.0150. The number of methoxy groups -OCH3 is 1. The highest BCUT2D eigenvalue weighted by molar-refractivity contribution is 7.90. The summed E-state index contributed by atoms with van der Waals surface area (Å²) >= 11 is 0. The summed E-state index contributed by atoms with van der Waals surface area (Å²) in [7, 11) is -2.07. The summed E-state index contributed by atoms with van der Waals surface area (Å²) < 4.78 is 33.7. The van der Waals surface area contributed by atoms with Crippen molar-refractivity contribution in [3.8, 4) is 0 Å². The second kappa shape index (κ2) is 11.3. The number of sulfone groups is 1. The number of rotatable bonds is 11. The van der Waals surface area contributed by atoms with Crippen molar-refractivity contribution >= 4 is 15.7 Å². The summed E-state index contributed by atoms with van der Waals surface area (Å²) in [4.78, 5) is 19.1. The number of nitrogens with zero attached hydrogens (tertiary/aromatic N) is 3. The largest absolute Gasteiger partial charge is 0.383 e. The topological polar surface area (TPSA) is 81.5 Å². The van der Waals surface area contributed by atoms with Crippen LogP contribution in [0.4, 0.5) is 0 Å². The Morgan fingerprint density at radius 1 is 1.21 bits per heavy atom. The molecule has 0 bridgehead atoms.